The highest BCUT2D eigenvalue weighted by atomic mass is 16.5. The van der Waals surface area contributed by atoms with E-state index in [0.717, 1.165) is 24.6 Å². The van der Waals surface area contributed by atoms with Crippen molar-refractivity contribution in [1.82, 2.24) is 10.6 Å². The Bertz CT molecular complexity index is 377. The first kappa shape index (κ1) is 14.0. The number of hydrogen-bond donors (Lipinski definition) is 2. The van der Waals surface area contributed by atoms with Crippen molar-refractivity contribution in [3.05, 3.63) is 35.9 Å². The minimum atomic E-state index is 0.0195. The quantitative estimate of drug-likeness (QED) is 0.660. The molecule has 0 heterocycles. The first-order valence-electron chi connectivity index (χ1n) is 6.93. The SMILES string of the molecule is O=C(CNCCOCC1CC1)NCc1ccccc1. The Hall–Kier alpha value is -1.39. The number of nitrogens with one attached hydrogen (secondary N) is 2. The predicted octanol–water partition coefficient (Wildman–Crippen LogP) is 1.32. The lowest BCUT2D eigenvalue weighted by atomic mass is 10.2. The van der Waals surface area contributed by atoms with E-state index in [2.05, 4.69) is 10.6 Å². The Morgan fingerprint density at radius 1 is 1.26 bits per heavy atom. The van der Waals surface area contributed by atoms with E-state index in [1.54, 1.807) is 0 Å². The van der Waals surface area contributed by atoms with Crippen LogP contribution in [0.3, 0.4) is 0 Å². The fourth-order valence-electron chi connectivity index (χ4n) is 1.74. The molecule has 4 nitrogen and oxygen atoms in total. The summed E-state index contributed by atoms with van der Waals surface area (Å²) in [5.41, 5.74) is 1.11. The van der Waals surface area contributed by atoms with Gasteiger partial charge in [-0.05, 0) is 24.3 Å². The summed E-state index contributed by atoms with van der Waals surface area (Å²) in [7, 11) is 0. The van der Waals surface area contributed by atoms with Crippen molar-refractivity contribution in [3.63, 3.8) is 0 Å². The van der Waals surface area contributed by atoms with E-state index >= 15 is 0 Å². The Morgan fingerprint density at radius 2 is 2.05 bits per heavy atom. The number of carbonyl (C=O) groups is 1. The molecule has 19 heavy (non-hydrogen) atoms. The third kappa shape index (κ3) is 6.36. The molecule has 1 aromatic carbocycles. The standard InChI is InChI=1S/C15H22N2O2/c18-15(17-10-13-4-2-1-3-5-13)11-16-8-9-19-12-14-6-7-14/h1-5,14,16H,6-12H2,(H,17,18). The molecule has 1 aliphatic carbocycles. The number of rotatable bonds is 9. The van der Waals surface area contributed by atoms with E-state index in [4.69, 9.17) is 4.74 Å². The Labute approximate surface area is 114 Å². The third-order valence-corrected chi connectivity index (χ3v) is 3.09. The summed E-state index contributed by atoms with van der Waals surface area (Å²) in [5.74, 6) is 0.820. The smallest absolute Gasteiger partial charge is 0.234 e. The van der Waals surface area contributed by atoms with Crippen LogP contribution in [0.4, 0.5) is 0 Å². The van der Waals surface area contributed by atoms with Gasteiger partial charge in [0.2, 0.25) is 5.91 Å². The van der Waals surface area contributed by atoms with Crippen molar-refractivity contribution in [2.24, 2.45) is 5.92 Å². The van der Waals surface area contributed by atoms with Crippen molar-refractivity contribution in [2.75, 3.05) is 26.3 Å². The lowest BCUT2D eigenvalue weighted by molar-refractivity contribution is -0.120. The first-order valence-corrected chi connectivity index (χ1v) is 6.93. The molecule has 104 valence electrons. The largest absolute Gasteiger partial charge is 0.380 e. The molecule has 0 bridgehead atoms. The molecular formula is C15H22N2O2. The topological polar surface area (TPSA) is 50.4 Å². The van der Waals surface area contributed by atoms with Crippen molar-refractivity contribution >= 4 is 5.91 Å². The van der Waals surface area contributed by atoms with Crippen LogP contribution in [0.25, 0.3) is 0 Å². The maximum Gasteiger partial charge on any atom is 0.234 e. The molecule has 0 unspecified atom stereocenters. The summed E-state index contributed by atoms with van der Waals surface area (Å²) in [5, 5.41) is 5.95. The Balaban J connectivity index is 1.45. The summed E-state index contributed by atoms with van der Waals surface area (Å²) in [4.78, 5) is 11.6. The lowest BCUT2D eigenvalue weighted by Gasteiger charge is -2.07. The fraction of sp³-hybridized carbons (Fsp3) is 0.533. The molecule has 1 aromatic rings. The van der Waals surface area contributed by atoms with Crippen LogP contribution in [-0.4, -0.2) is 32.2 Å². The van der Waals surface area contributed by atoms with E-state index in [0.29, 0.717) is 19.7 Å². The van der Waals surface area contributed by atoms with Crippen LogP contribution in [-0.2, 0) is 16.1 Å². The van der Waals surface area contributed by atoms with Crippen LogP contribution >= 0.6 is 0 Å². The van der Waals surface area contributed by atoms with Gasteiger partial charge in [0.1, 0.15) is 0 Å². The van der Waals surface area contributed by atoms with Crippen LogP contribution in [0.1, 0.15) is 18.4 Å². The second-order valence-corrected chi connectivity index (χ2v) is 4.96. The van der Waals surface area contributed by atoms with E-state index < -0.39 is 0 Å². The van der Waals surface area contributed by atoms with Gasteiger partial charge in [-0.3, -0.25) is 4.79 Å². The molecule has 0 saturated heterocycles. The van der Waals surface area contributed by atoms with Crippen molar-refractivity contribution < 1.29 is 9.53 Å². The molecule has 0 spiro atoms. The predicted molar refractivity (Wildman–Crippen MR) is 74.7 cm³/mol. The maximum atomic E-state index is 11.6. The summed E-state index contributed by atoms with van der Waals surface area (Å²) < 4.78 is 5.47. The zero-order chi connectivity index (χ0) is 13.3. The van der Waals surface area contributed by atoms with Gasteiger partial charge < -0.3 is 15.4 Å². The molecule has 1 aliphatic rings. The first-order chi connectivity index (χ1) is 9.34. The van der Waals surface area contributed by atoms with Gasteiger partial charge in [0.15, 0.2) is 0 Å². The zero-order valence-electron chi connectivity index (χ0n) is 11.2. The summed E-state index contributed by atoms with van der Waals surface area (Å²) >= 11 is 0. The van der Waals surface area contributed by atoms with Crippen LogP contribution in [0, 0.1) is 5.92 Å². The minimum absolute atomic E-state index is 0.0195. The molecule has 2 N–H and O–H groups in total. The van der Waals surface area contributed by atoms with E-state index in [9.17, 15) is 4.79 Å². The van der Waals surface area contributed by atoms with Crippen LogP contribution in [0.2, 0.25) is 0 Å². The average molecular weight is 262 g/mol. The fourth-order valence-corrected chi connectivity index (χ4v) is 1.74. The van der Waals surface area contributed by atoms with Crippen LogP contribution in [0.15, 0.2) is 30.3 Å². The Morgan fingerprint density at radius 3 is 2.79 bits per heavy atom. The van der Waals surface area contributed by atoms with Crippen molar-refractivity contribution in [1.29, 1.82) is 0 Å². The summed E-state index contributed by atoms with van der Waals surface area (Å²) in [6.07, 6.45) is 2.63. The van der Waals surface area contributed by atoms with Crippen LogP contribution < -0.4 is 10.6 Å². The maximum absolute atomic E-state index is 11.6. The number of ether oxygens (including phenoxy) is 1. The lowest BCUT2D eigenvalue weighted by Crippen LogP contribution is -2.35. The van der Waals surface area contributed by atoms with Gasteiger partial charge in [-0.15, -0.1) is 0 Å². The molecule has 1 saturated carbocycles. The van der Waals surface area contributed by atoms with Gasteiger partial charge >= 0.3 is 0 Å². The molecule has 1 fully saturated rings. The molecular weight excluding hydrogens is 240 g/mol. The van der Waals surface area contributed by atoms with Gasteiger partial charge in [-0.1, -0.05) is 30.3 Å². The molecule has 0 radical (unpaired) electrons. The average Bonchev–Trinajstić information content (AvgIpc) is 3.26. The van der Waals surface area contributed by atoms with Gasteiger partial charge in [0, 0.05) is 19.7 Å². The highest BCUT2D eigenvalue weighted by Crippen LogP contribution is 2.28. The Kier molecular flexibility index (Phi) is 5.85. The molecule has 4 heteroatoms. The number of carbonyl (C=O) groups excluding carboxylic acids is 1. The molecule has 0 aromatic heterocycles. The highest BCUT2D eigenvalue weighted by Gasteiger charge is 2.20. The molecule has 0 aliphatic heterocycles. The second kappa shape index (κ2) is 7.92. The van der Waals surface area contributed by atoms with Gasteiger partial charge in [0.05, 0.1) is 13.2 Å². The van der Waals surface area contributed by atoms with Gasteiger partial charge in [-0.25, -0.2) is 0 Å². The molecule has 0 atom stereocenters. The summed E-state index contributed by atoms with van der Waals surface area (Å²) in [6, 6.07) is 9.90. The normalized spacial score (nSPS) is 14.3. The van der Waals surface area contributed by atoms with Gasteiger partial charge in [-0.2, -0.15) is 0 Å². The van der Waals surface area contributed by atoms with Crippen molar-refractivity contribution in [2.45, 2.75) is 19.4 Å². The van der Waals surface area contributed by atoms with Crippen LogP contribution in [0.5, 0.6) is 0 Å². The van der Waals surface area contributed by atoms with E-state index in [-0.39, 0.29) is 5.91 Å². The summed E-state index contributed by atoms with van der Waals surface area (Å²) in [6.45, 7) is 3.22. The highest BCUT2D eigenvalue weighted by molar-refractivity contribution is 5.77. The monoisotopic (exact) mass is 262 g/mol. The second-order valence-electron chi connectivity index (χ2n) is 4.96. The number of amides is 1. The third-order valence-electron chi connectivity index (χ3n) is 3.09. The number of benzene rings is 1. The van der Waals surface area contributed by atoms with Gasteiger partial charge in [0.25, 0.3) is 0 Å². The zero-order valence-corrected chi connectivity index (χ0v) is 11.2. The van der Waals surface area contributed by atoms with Crippen molar-refractivity contribution in [3.8, 4) is 0 Å². The number of hydrogen-bond acceptors (Lipinski definition) is 3. The molecule has 2 rings (SSSR count). The minimum Gasteiger partial charge on any atom is -0.380 e. The van der Waals surface area contributed by atoms with E-state index in [1.807, 2.05) is 30.3 Å². The molecule has 1 amide bonds. The van der Waals surface area contributed by atoms with E-state index in [1.165, 1.54) is 12.8 Å².